The van der Waals surface area contributed by atoms with Crippen molar-refractivity contribution in [1.82, 2.24) is 0 Å². The molecule has 3 aromatic rings. The molecule has 0 N–H and O–H groups in total. The van der Waals surface area contributed by atoms with Crippen molar-refractivity contribution in [3.63, 3.8) is 0 Å². The van der Waals surface area contributed by atoms with Gasteiger partial charge >= 0.3 is 0 Å². The standard InChI is InChI=1S/C36H38BrF4N3OSi/c1-23-20-42-33-35(21-43-44-33)16-15-27(31-29(38)17-24(37)18-30(31)39)28(32(23)35)19-36(40,41)22-45-46(34(2,3)4,25-11-7-5-8-12-25)26-13-9-6-10-14-26/h5-18,23,27-28,32H,19-22H2,1-4H3/t23-,27-,28?,32?,35?/m0/s1. The SMILES string of the molecule is C[C@H]1CN=C2N=NCC23C=C[C@H](c2c(F)cc(Br)cc2F)C(CC(F)(F)CO[Si](c2ccccc2)(c2ccccc2)C(C)(C)C)C13. The molecule has 2 heterocycles. The van der Waals surface area contributed by atoms with E-state index in [0.717, 1.165) is 10.4 Å². The number of halogens is 5. The molecular weight excluding hydrogens is 674 g/mol. The Morgan fingerprint density at radius 2 is 1.54 bits per heavy atom. The van der Waals surface area contributed by atoms with E-state index in [-0.39, 0.29) is 22.5 Å². The molecule has 3 unspecified atom stereocenters. The van der Waals surface area contributed by atoms with E-state index in [9.17, 15) is 0 Å². The Morgan fingerprint density at radius 3 is 2.11 bits per heavy atom. The third-order valence-electron chi connectivity index (χ3n) is 10.0. The molecule has 1 spiro atoms. The van der Waals surface area contributed by atoms with Crippen molar-refractivity contribution in [3.8, 4) is 0 Å². The summed E-state index contributed by atoms with van der Waals surface area (Å²) in [5, 5.41) is 9.83. The van der Waals surface area contributed by atoms with E-state index in [1.807, 2.05) is 94.4 Å². The summed E-state index contributed by atoms with van der Waals surface area (Å²) in [7, 11) is -3.27. The molecule has 1 aliphatic carbocycles. The Labute approximate surface area is 277 Å². The van der Waals surface area contributed by atoms with E-state index in [0.29, 0.717) is 12.4 Å². The highest BCUT2D eigenvalue weighted by atomic mass is 79.9. The zero-order valence-corrected chi connectivity index (χ0v) is 28.9. The molecule has 5 atom stereocenters. The van der Waals surface area contributed by atoms with Gasteiger partial charge in [0.25, 0.3) is 14.2 Å². The lowest BCUT2D eigenvalue weighted by molar-refractivity contribution is -0.0790. The Bertz CT molecular complexity index is 1610. The van der Waals surface area contributed by atoms with Crippen LogP contribution in [0.3, 0.4) is 0 Å². The van der Waals surface area contributed by atoms with E-state index >= 15 is 17.6 Å². The predicted octanol–water partition coefficient (Wildman–Crippen LogP) is 8.72. The van der Waals surface area contributed by atoms with E-state index in [1.165, 1.54) is 12.1 Å². The zero-order valence-electron chi connectivity index (χ0n) is 26.4. The minimum Gasteiger partial charge on any atom is -0.401 e. The van der Waals surface area contributed by atoms with Gasteiger partial charge in [-0.25, -0.2) is 17.6 Å². The van der Waals surface area contributed by atoms with Crippen LogP contribution < -0.4 is 10.4 Å². The van der Waals surface area contributed by atoms with E-state index < -0.39 is 67.1 Å². The zero-order chi connectivity index (χ0) is 32.9. The average Bonchev–Trinajstić information content (AvgIpc) is 3.41. The molecule has 3 aromatic carbocycles. The van der Waals surface area contributed by atoms with E-state index in [1.54, 1.807) is 6.08 Å². The third-order valence-corrected chi connectivity index (χ3v) is 15.4. The summed E-state index contributed by atoms with van der Waals surface area (Å²) in [6.07, 6.45) is 2.92. The van der Waals surface area contributed by atoms with Gasteiger partial charge in [-0.05, 0) is 45.3 Å². The number of amidine groups is 1. The van der Waals surface area contributed by atoms with Crippen molar-refractivity contribution in [2.45, 2.75) is 51.0 Å². The second-order valence-electron chi connectivity index (χ2n) is 14.0. The summed E-state index contributed by atoms with van der Waals surface area (Å²) in [6, 6.07) is 21.7. The fourth-order valence-electron chi connectivity index (χ4n) is 8.17. The third kappa shape index (κ3) is 5.64. The largest absolute Gasteiger partial charge is 0.401 e. The van der Waals surface area contributed by atoms with Gasteiger partial charge in [-0.3, -0.25) is 4.99 Å². The van der Waals surface area contributed by atoms with Gasteiger partial charge < -0.3 is 4.43 Å². The fraction of sp³-hybridized carbons (Fsp3) is 0.417. The lowest BCUT2D eigenvalue weighted by atomic mass is 9.54. The van der Waals surface area contributed by atoms with Crippen molar-refractivity contribution in [1.29, 1.82) is 0 Å². The fourth-order valence-corrected chi connectivity index (χ4v) is 13.2. The first-order chi connectivity index (χ1) is 21.8. The van der Waals surface area contributed by atoms with Gasteiger partial charge in [0.1, 0.15) is 11.6 Å². The first-order valence-electron chi connectivity index (χ1n) is 15.7. The number of rotatable bonds is 8. The van der Waals surface area contributed by atoms with Gasteiger partial charge in [-0.1, -0.05) is 116 Å². The number of alkyl halides is 2. The Balaban J connectivity index is 1.41. The van der Waals surface area contributed by atoms with Crippen LogP contribution in [0.15, 0.2) is 105 Å². The molecule has 10 heteroatoms. The van der Waals surface area contributed by atoms with Crippen molar-refractivity contribution < 1.29 is 22.0 Å². The highest BCUT2D eigenvalue weighted by Crippen LogP contribution is 2.57. The van der Waals surface area contributed by atoms with Crippen LogP contribution in [0, 0.1) is 34.8 Å². The van der Waals surface area contributed by atoms with E-state index in [4.69, 9.17) is 4.43 Å². The van der Waals surface area contributed by atoms with Gasteiger partial charge in [0.15, 0.2) is 5.84 Å². The molecule has 0 saturated heterocycles. The molecule has 6 rings (SSSR count). The average molecular weight is 713 g/mol. The minimum absolute atomic E-state index is 0.139. The molecule has 0 bridgehead atoms. The number of hydrogen-bond donors (Lipinski definition) is 0. The number of nitrogens with zero attached hydrogens (tertiary/aromatic N) is 3. The number of allylic oxidation sites excluding steroid dienone is 1. The maximum Gasteiger partial charge on any atom is 0.270 e. The van der Waals surface area contributed by atoms with Crippen LogP contribution in [0.2, 0.25) is 5.04 Å². The topological polar surface area (TPSA) is 46.3 Å². The summed E-state index contributed by atoms with van der Waals surface area (Å²) in [5.41, 5.74) is -0.984. The summed E-state index contributed by atoms with van der Waals surface area (Å²) in [5.74, 6) is -6.67. The van der Waals surface area contributed by atoms with E-state index in [2.05, 4.69) is 31.2 Å². The first-order valence-corrected chi connectivity index (χ1v) is 18.4. The lowest BCUT2D eigenvalue weighted by Crippen LogP contribution is -2.67. The van der Waals surface area contributed by atoms with Gasteiger partial charge in [0, 0.05) is 28.9 Å². The number of aliphatic imine (C=N–C) groups is 1. The van der Waals surface area contributed by atoms with Crippen LogP contribution in [0.1, 0.15) is 45.6 Å². The van der Waals surface area contributed by atoms with Crippen LogP contribution in [0.4, 0.5) is 17.6 Å². The van der Waals surface area contributed by atoms with Gasteiger partial charge in [-0.2, -0.15) is 5.11 Å². The molecule has 242 valence electrons. The minimum atomic E-state index is -3.33. The summed E-state index contributed by atoms with van der Waals surface area (Å²) >= 11 is 3.16. The maximum atomic E-state index is 16.7. The second kappa shape index (κ2) is 12.2. The van der Waals surface area contributed by atoms with Crippen LogP contribution >= 0.6 is 15.9 Å². The molecule has 0 amide bonds. The number of azo groups is 1. The summed E-state index contributed by atoms with van der Waals surface area (Å²) in [4.78, 5) is 4.63. The van der Waals surface area contributed by atoms with Crippen molar-refractivity contribution in [2.75, 3.05) is 19.7 Å². The molecular formula is C36H38BrF4N3OSi. The number of benzene rings is 3. The molecule has 3 aliphatic rings. The number of hydrogen-bond acceptors (Lipinski definition) is 4. The highest BCUT2D eigenvalue weighted by Gasteiger charge is 2.58. The van der Waals surface area contributed by atoms with Crippen molar-refractivity contribution >= 4 is 40.5 Å². The van der Waals surface area contributed by atoms with Crippen LogP contribution in [0.5, 0.6) is 0 Å². The van der Waals surface area contributed by atoms with Crippen LogP contribution in [-0.2, 0) is 4.43 Å². The summed E-state index contributed by atoms with van der Waals surface area (Å²) < 4.78 is 71.5. The smallest absolute Gasteiger partial charge is 0.270 e. The van der Waals surface area contributed by atoms with Gasteiger partial charge in [0.05, 0.1) is 18.6 Å². The molecule has 0 radical (unpaired) electrons. The van der Waals surface area contributed by atoms with Gasteiger partial charge in [0.2, 0.25) is 0 Å². The van der Waals surface area contributed by atoms with Crippen LogP contribution in [-0.4, -0.2) is 39.8 Å². The van der Waals surface area contributed by atoms with Crippen molar-refractivity contribution in [2.24, 2.45) is 38.4 Å². The molecule has 46 heavy (non-hydrogen) atoms. The van der Waals surface area contributed by atoms with Crippen molar-refractivity contribution in [3.05, 3.63) is 107 Å². The molecule has 0 fully saturated rings. The monoisotopic (exact) mass is 711 g/mol. The lowest BCUT2D eigenvalue weighted by Gasteiger charge is -2.50. The Morgan fingerprint density at radius 1 is 0.957 bits per heavy atom. The Kier molecular flexibility index (Phi) is 8.78. The van der Waals surface area contributed by atoms with Crippen LogP contribution in [0.25, 0.3) is 0 Å². The van der Waals surface area contributed by atoms with Gasteiger partial charge in [-0.15, -0.1) is 5.11 Å². The summed E-state index contributed by atoms with van der Waals surface area (Å²) in [6.45, 7) is 7.92. The predicted molar refractivity (Wildman–Crippen MR) is 180 cm³/mol. The quantitative estimate of drug-likeness (QED) is 0.131. The Hall–Kier alpha value is -2.95. The first kappa shape index (κ1) is 33.0. The maximum absolute atomic E-state index is 16.7. The molecule has 0 saturated carbocycles. The molecule has 0 aromatic heterocycles. The highest BCUT2D eigenvalue weighted by molar-refractivity contribution is 9.10. The molecule has 2 aliphatic heterocycles. The molecule has 4 nitrogen and oxygen atoms in total. The second-order valence-corrected chi connectivity index (χ2v) is 19.2. The normalized spacial score (nSPS) is 26.1.